The van der Waals surface area contributed by atoms with Crippen LogP contribution in [-0.4, -0.2) is 13.2 Å². The van der Waals surface area contributed by atoms with E-state index in [0.717, 1.165) is 0 Å². The highest BCUT2D eigenvalue weighted by atomic mass is 35.5. The second-order valence-electron chi connectivity index (χ2n) is 2.24. The van der Waals surface area contributed by atoms with Gasteiger partial charge in [-0.1, -0.05) is 11.6 Å². The largest absolute Gasteiger partial charge is 0.492 e. The van der Waals surface area contributed by atoms with Gasteiger partial charge in [-0.2, -0.15) is 0 Å². The van der Waals surface area contributed by atoms with Crippen LogP contribution in [-0.2, 0) is 0 Å². The number of rotatable bonds is 3. The minimum Gasteiger partial charge on any atom is -0.492 e. The lowest BCUT2D eigenvalue weighted by atomic mass is 10.3. The van der Waals surface area contributed by atoms with Gasteiger partial charge in [-0.25, -0.2) is 4.39 Å². The van der Waals surface area contributed by atoms with Crippen LogP contribution in [0.3, 0.4) is 0 Å². The third-order valence-electron chi connectivity index (χ3n) is 1.22. The van der Waals surface area contributed by atoms with E-state index < -0.39 is 5.82 Å². The topological polar surface area (TPSA) is 35.2 Å². The number of nitrogens with two attached hydrogens (primary N) is 1. The van der Waals surface area contributed by atoms with Gasteiger partial charge in [0.2, 0.25) is 0 Å². The molecule has 0 aromatic heterocycles. The van der Waals surface area contributed by atoms with Gasteiger partial charge in [0.25, 0.3) is 0 Å². The van der Waals surface area contributed by atoms with Gasteiger partial charge in [-0.15, -0.1) is 12.4 Å². The maximum Gasteiger partial charge on any atom is 0.128 e. The molecule has 0 heterocycles. The van der Waals surface area contributed by atoms with E-state index in [1.807, 2.05) is 0 Å². The molecule has 0 aliphatic carbocycles. The predicted molar refractivity (Wildman–Crippen MR) is 53.2 cm³/mol. The molecular weight excluding hydrogens is 216 g/mol. The quantitative estimate of drug-likeness (QED) is 0.857. The Morgan fingerprint density at radius 2 is 2.08 bits per heavy atom. The van der Waals surface area contributed by atoms with Crippen LogP contribution in [0.5, 0.6) is 5.75 Å². The number of hydrogen-bond acceptors (Lipinski definition) is 2. The van der Waals surface area contributed by atoms with Crippen LogP contribution in [0.2, 0.25) is 5.02 Å². The monoisotopic (exact) mass is 225 g/mol. The second kappa shape index (κ2) is 6.02. The summed E-state index contributed by atoms with van der Waals surface area (Å²) in [6.07, 6.45) is 0. The van der Waals surface area contributed by atoms with Crippen LogP contribution in [0.1, 0.15) is 0 Å². The van der Waals surface area contributed by atoms with Crippen molar-refractivity contribution in [3.63, 3.8) is 0 Å². The normalized spacial score (nSPS) is 9.15. The van der Waals surface area contributed by atoms with Crippen molar-refractivity contribution >= 4 is 24.0 Å². The van der Waals surface area contributed by atoms with Crippen LogP contribution in [0.15, 0.2) is 18.2 Å². The molecule has 0 spiro atoms. The molecule has 0 unspecified atom stereocenters. The second-order valence-corrected chi connectivity index (χ2v) is 2.68. The van der Waals surface area contributed by atoms with Crippen LogP contribution in [0.25, 0.3) is 0 Å². The molecule has 2 nitrogen and oxygen atoms in total. The maximum atomic E-state index is 12.7. The zero-order chi connectivity index (χ0) is 8.97. The highest BCUT2D eigenvalue weighted by Crippen LogP contribution is 2.19. The summed E-state index contributed by atoms with van der Waals surface area (Å²) < 4.78 is 17.7. The van der Waals surface area contributed by atoms with E-state index in [2.05, 4.69) is 0 Å². The summed E-state index contributed by atoms with van der Waals surface area (Å²) in [6, 6.07) is 4.03. The molecule has 13 heavy (non-hydrogen) atoms. The summed E-state index contributed by atoms with van der Waals surface area (Å²) >= 11 is 5.58. The molecule has 0 saturated heterocycles. The Morgan fingerprint density at radius 3 is 2.62 bits per heavy atom. The van der Waals surface area contributed by atoms with Gasteiger partial charge >= 0.3 is 0 Å². The summed E-state index contributed by atoms with van der Waals surface area (Å²) in [5.41, 5.74) is 5.20. The zero-order valence-electron chi connectivity index (χ0n) is 6.80. The molecule has 74 valence electrons. The van der Waals surface area contributed by atoms with Crippen molar-refractivity contribution in [1.82, 2.24) is 0 Å². The maximum absolute atomic E-state index is 12.7. The first-order valence-corrected chi connectivity index (χ1v) is 3.89. The van der Waals surface area contributed by atoms with Gasteiger partial charge in [0.15, 0.2) is 0 Å². The first-order valence-electron chi connectivity index (χ1n) is 3.51. The molecule has 0 saturated carbocycles. The Morgan fingerprint density at radius 1 is 1.38 bits per heavy atom. The summed E-state index contributed by atoms with van der Waals surface area (Å²) in [6.45, 7) is 0.758. The fourth-order valence-electron chi connectivity index (χ4n) is 0.789. The lowest BCUT2D eigenvalue weighted by Gasteiger charge is -2.04. The highest BCUT2D eigenvalue weighted by Gasteiger charge is 1.98. The molecule has 0 aliphatic rings. The molecule has 0 fully saturated rings. The third kappa shape index (κ3) is 4.31. The fraction of sp³-hybridized carbons (Fsp3) is 0.250. The van der Waals surface area contributed by atoms with Gasteiger partial charge in [-0.3, -0.25) is 0 Å². The standard InChI is InChI=1S/C8H9ClFNO.ClH/c9-6-3-7(10)5-8(4-6)12-2-1-11;/h3-5H,1-2,11H2;1H. The van der Waals surface area contributed by atoms with E-state index in [1.165, 1.54) is 12.1 Å². The molecule has 1 rings (SSSR count). The summed E-state index contributed by atoms with van der Waals surface area (Å²) in [5.74, 6) is -0.0000265. The van der Waals surface area contributed by atoms with Gasteiger partial charge in [0.1, 0.15) is 18.2 Å². The highest BCUT2D eigenvalue weighted by molar-refractivity contribution is 6.30. The average molecular weight is 226 g/mol. The minimum atomic E-state index is -0.408. The first-order chi connectivity index (χ1) is 5.72. The van der Waals surface area contributed by atoms with E-state index in [0.29, 0.717) is 23.9 Å². The summed E-state index contributed by atoms with van der Waals surface area (Å²) in [4.78, 5) is 0. The summed E-state index contributed by atoms with van der Waals surface area (Å²) in [7, 11) is 0. The average Bonchev–Trinajstić information content (AvgIpc) is 1.99. The fourth-order valence-corrected chi connectivity index (χ4v) is 1.00. The number of ether oxygens (including phenoxy) is 1. The van der Waals surface area contributed by atoms with E-state index >= 15 is 0 Å². The third-order valence-corrected chi connectivity index (χ3v) is 1.44. The van der Waals surface area contributed by atoms with Crippen molar-refractivity contribution in [2.24, 2.45) is 5.73 Å². The van der Waals surface area contributed by atoms with Crippen molar-refractivity contribution in [3.05, 3.63) is 29.0 Å². The molecule has 1 aromatic carbocycles. The zero-order valence-corrected chi connectivity index (χ0v) is 8.37. The van der Waals surface area contributed by atoms with Crippen molar-refractivity contribution in [2.75, 3.05) is 13.2 Å². The van der Waals surface area contributed by atoms with Gasteiger partial charge in [0, 0.05) is 17.6 Å². The molecule has 2 N–H and O–H groups in total. The Hall–Kier alpha value is -0.510. The van der Waals surface area contributed by atoms with Crippen molar-refractivity contribution < 1.29 is 9.13 Å². The lowest BCUT2D eigenvalue weighted by molar-refractivity contribution is 0.326. The molecule has 5 heteroatoms. The Kier molecular flexibility index (Phi) is 5.79. The van der Waals surface area contributed by atoms with Gasteiger partial charge in [0.05, 0.1) is 0 Å². The van der Waals surface area contributed by atoms with Gasteiger partial charge in [-0.05, 0) is 12.1 Å². The molecular formula is C8H10Cl2FNO. The number of halogens is 3. The van der Waals surface area contributed by atoms with Crippen molar-refractivity contribution in [2.45, 2.75) is 0 Å². The van der Waals surface area contributed by atoms with Crippen molar-refractivity contribution in [3.8, 4) is 5.75 Å². The van der Waals surface area contributed by atoms with Crippen LogP contribution in [0, 0.1) is 5.82 Å². The molecule has 0 atom stereocenters. The molecule has 0 amide bonds. The lowest BCUT2D eigenvalue weighted by Crippen LogP contribution is -2.10. The molecule has 0 radical (unpaired) electrons. The van der Waals surface area contributed by atoms with Crippen LogP contribution < -0.4 is 10.5 Å². The van der Waals surface area contributed by atoms with Crippen LogP contribution >= 0.6 is 24.0 Å². The minimum absolute atomic E-state index is 0. The van der Waals surface area contributed by atoms with Gasteiger partial charge < -0.3 is 10.5 Å². The molecule has 0 aliphatic heterocycles. The van der Waals surface area contributed by atoms with E-state index in [9.17, 15) is 4.39 Å². The van der Waals surface area contributed by atoms with E-state index in [4.69, 9.17) is 22.1 Å². The number of benzene rings is 1. The Labute approximate surface area is 87.2 Å². The van der Waals surface area contributed by atoms with E-state index in [-0.39, 0.29) is 12.4 Å². The number of hydrogen-bond donors (Lipinski definition) is 1. The van der Waals surface area contributed by atoms with Crippen molar-refractivity contribution in [1.29, 1.82) is 0 Å². The Bertz CT molecular complexity index is 250. The smallest absolute Gasteiger partial charge is 0.128 e. The SMILES string of the molecule is Cl.NCCOc1cc(F)cc(Cl)c1. The molecule has 0 bridgehead atoms. The van der Waals surface area contributed by atoms with E-state index in [1.54, 1.807) is 6.07 Å². The Balaban J connectivity index is 0.00000144. The molecule has 1 aromatic rings. The summed E-state index contributed by atoms with van der Waals surface area (Å²) in [5, 5.41) is 0.321. The van der Waals surface area contributed by atoms with Crippen LogP contribution in [0.4, 0.5) is 4.39 Å². The predicted octanol–water partition coefficient (Wildman–Crippen LogP) is 2.24. The first kappa shape index (κ1) is 12.5.